The third-order valence-electron chi connectivity index (χ3n) is 4.57. The minimum absolute atomic E-state index is 0.0485. The third kappa shape index (κ3) is 2.89. The quantitative estimate of drug-likeness (QED) is 0.824. The molecule has 2 aromatic carbocycles. The summed E-state index contributed by atoms with van der Waals surface area (Å²) in [4.78, 5) is 17.3. The van der Waals surface area contributed by atoms with E-state index in [1.807, 2.05) is 36.1 Å². The summed E-state index contributed by atoms with van der Waals surface area (Å²) in [6, 6.07) is 13.9. The van der Waals surface area contributed by atoms with Crippen molar-refractivity contribution in [3.8, 4) is 0 Å². The van der Waals surface area contributed by atoms with E-state index in [-0.39, 0.29) is 11.9 Å². The highest BCUT2D eigenvalue weighted by Gasteiger charge is 2.28. The maximum Gasteiger partial charge on any atom is 0.254 e. The van der Waals surface area contributed by atoms with Crippen LogP contribution in [0.15, 0.2) is 42.5 Å². The Morgan fingerprint density at radius 2 is 1.96 bits per heavy atom. The van der Waals surface area contributed by atoms with Crippen LogP contribution in [0.2, 0.25) is 0 Å². The monoisotopic (exact) mass is 309 g/mol. The molecule has 1 atom stereocenters. The highest BCUT2D eigenvalue weighted by Crippen LogP contribution is 2.27. The van der Waals surface area contributed by atoms with Crippen molar-refractivity contribution < 1.29 is 4.79 Å². The first-order valence-electron chi connectivity index (χ1n) is 7.93. The Morgan fingerprint density at radius 1 is 1.22 bits per heavy atom. The highest BCUT2D eigenvalue weighted by molar-refractivity contribution is 5.97. The topological polar surface area (TPSA) is 49.6 Å². The van der Waals surface area contributed by atoms with Gasteiger partial charge in [-0.25, -0.2) is 0 Å². The van der Waals surface area contributed by atoms with Crippen molar-refractivity contribution in [2.24, 2.45) is 0 Å². The van der Waals surface area contributed by atoms with Crippen LogP contribution in [0.25, 0.3) is 0 Å². The normalized spacial score (nSPS) is 17.6. The molecule has 0 saturated heterocycles. The van der Waals surface area contributed by atoms with E-state index in [2.05, 4.69) is 31.0 Å². The van der Waals surface area contributed by atoms with Gasteiger partial charge in [-0.3, -0.25) is 4.79 Å². The fraction of sp³-hybridized carbons (Fsp3) is 0.316. The number of para-hydroxylation sites is 1. The summed E-state index contributed by atoms with van der Waals surface area (Å²) >= 11 is 0. The molecule has 4 nitrogen and oxygen atoms in total. The van der Waals surface area contributed by atoms with E-state index in [0.717, 1.165) is 12.1 Å². The molecule has 1 heterocycles. The molecule has 1 amide bonds. The zero-order valence-electron chi connectivity index (χ0n) is 13.9. The third-order valence-corrected chi connectivity index (χ3v) is 4.57. The minimum atomic E-state index is 0.0485. The zero-order valence-corrected chi connectivity index (χ0v) is 13.9. The minimum Gasteiger partial charge on any atom is -0.399 e. The average Bonchev–Trinajstić information content (AvgIpc) is 2.66. The van der Waals surface area contributed by atoms with Crippen LogP contribution in [0.1, 0.15) is 28.4 Å². The lowest BCUT2D eigenvalue weighted by molar-refractivity contribution is 0.0686. The van der Waals surface area contributed by atoms with Crippen molar-refractivity contribution in [3.05, 3.63) is 59.2 Å². The predicted molar refractivity (Wildman–Crippen MR) is 94.6 cm³/mol. The molecule has 1 aliphatic heterocycles. The standard InChI is InChI=1S/C19H23N3O/c1-13-8-9-16(20)10-17(13)19(23)22-12-15-6-4-5-7-18(15)21(3)11-14(22)2/h4-10,14H,11-12,20H2,1-3H3. The summed E-state index contributed by atoms with van der Waals surface area (Å²) in [7, 11) is 2.08. The van der Waals surface area contributed by atoms with Crippen LogP contribution in [0.5, 0.6) is 0 Å². The van der Waals surface area contributed by atoms with E-state index in [9.17, 15) is 4.79 Å². The molecule has 1 unspecified atom stereocenters. The molecule has 0 aliphatic carbocycles. The molecular weight excluding hydrogens is 286 g/mol. The summed E-state index contributed by atoms with van der Waals surface area (Å²) in [6.45, 7) is 5.48. The first kappa shape index (κ1) is 15.4. The Balaban J connectivity index is 1.99. The average molecular weight is 309 g/mol. The molecule has 3 rings (SSSR count). The number of nitrogens with zero attached hydrogens (tertiary/aromatic N) is 2. The SMILES string of the molecule is Cc1ccc(N)cc1C(=O)N1Cc2ccccc2N(C)CC1C. The van der Waals surface area contributed by atoms with Crippen LogP contribution in [-0.4, -0.2) is 30.4 Å². The molecule has 0 radical (unpaired) electrons. The van der Waals surface area contributed by atoms with Crippen molar-refractivity contribution in [2.45, 2.75) is 26.4 Å². The molecule has 0 bridgehead atoms. The van der Waals surface area contributed by atoms with Gasteiger partial charge in [0.2, 0.25) is 0 Å². The van der Waals surface area contributed by atoms with Gasteiger partial charge in [-0.15, -0.1) is 0 Å². The van der Waals surface area contributed by atoms with Gasteiger partial charge >= 0.3 is 0 Å². The van der Waals surface area contributed by atoms with E-state index >= 15 is 0 Å². The lowest BCUT2D eigenvalue weighted by Crippen LogP contribution is -2.42. The van der Waals surface area contributed by atoms with E-state index < -0.39 is 0 Å². The van der Waals surface area contributed by atoms with E-state index in [4.69, 9.17) is 5.73 Å². The van der Waals surface area contributed by atoms with Crippen LogP contribution < -0.4 is 10.6 Å². The number of amides is 1. The summed E-state index contributed by atoms with van der Waals surface area (Å²) in [5.74, 6) is 0.0485. The van der Waals surface area contributed by atoms with Gasteiger partial charge in [-0.2, -0.15) is 0 Å². The van der Waals surface area contributed by atoms with Gasteiger partial charge in [0.15, 0.2) is 0 Å². The number of nitrogen functional groups attached to an aromatic ring is 1. The number of carbonyl (C=O) groups excluding carboxylic acids is 1. The number of hydrogen-bond acceptors (Lipinski definition) is 3. The molecule has 23 heavy (non-hydrogen) atoms. The predicted octanol–water partition coefficient (Wildman–Crippen LogP) is 3.06. The number of nitrogens with two attached hydrogens (primary N) is 1. The zero-order chi connectivity index (χ0) is 16.6. The van der Waals surface area contributed by atoms with Crippen molar-refractivity contribution in [3.63, 3.8) is 0 Å². The van der Waals surface area contributed by atoms with Gasteiger partial charge in [-0.1, -0.05) is 24.3 Å². The van der Waals surface area contributed by atoms with Gasteiger partial charge in [-0.05, 0) is 43.2 Å². The number of hydrogen-bond donors (Lipinski definition) is 1. The Kier molecular flexibility index (Phi) is 3.99. The second-order valence-electron chi connectivity index (χ2n) is 6.37. The van der Waals surface area contributed by atoms with E-state index in [1.54, 1.807) is 6.07 Å². The molecule has 0 fully saturated rings. The molecule has 0 saturated carbocycles. The van der Waals surface area contributed by atoms with Gasteiger partial charge < -0.3 is 15.5 Å². The first-order chi connectivity index (χ1) is 11.0. The fourth-order valence-electron chi connectivity index (χ4n) is 3.25. The van der Waals surface area contributed by atoms with Gasteiger partial charge in [0.25, 0.3) is 5.91 Å². The Bertz CT molecular complexity index is 741. The molecule has 4 heteroatoms. The molecule has 1 aliphatic rings. The smallest absolute Gasteiger partial charge is 0.254 e. The van der Waals surface area contributed by atoms with Crippen LogP contribution in [0, 0.1) is 6.92 Å². The number of aryl methyl sites for hydroxylation is 1. The molecular formula is C19H23N3O. The van der Waals surface area contributed by atoms with Crippen molar-refractivity contribution in [1.82, 2.24) is 4.90 Å². The van der Waals surface area contributed by atoms with Gasteiger partial charge in [0, 0.05) is 43.1 Å². The van der Waals surface area contributed by atoms with Gasteiger partial charge in [0.1, 0.15) is 0 Å². The number of carbonyl (C=O) groups is 1. The van der Waals surface area contributed by atoms with Crippen molar-refractivity contribution >= 4 is 17.3 Å². The maximum atomic E-state index is 13.1. The van der Waals surface area contributed by atoms with Crippen LogP contribution in [-0.2, 0) is 6.54 Å². The van der Waals surface area contributed by atoms with Crippen molar-refractivity contribution in [2.75, 3.05) is 24.2 Å². The second kappa shape index (κ2) is 5.95. The summed E-state index contributed by atoms with van der Waals surface area (Å²) in [5, 5.41) is 0. The second-order valence-corrected chi connectivity index (χ2v) is 6.37. The molecule has 120 valence electrons. The molecule has 2 aromatic rings. The summed E-state index contributed by atoms with van der Waals surface area (Å²) in [6.07, 6.45) is 0. The van der Waals surface area contributed by atoms with Crippen LogP contribution in [0.3, 0.4) is 0 Å². The Hall–Kier alpha value is -2.49. The largest absolute Gasteiger partial charge is 0.399 e. The maximum absolute atomic E-state index is 13.1. The summed E-state index contributed by atoms with van der Waals surface area (Å²) in [5.41, 5.74) is 10.5. The number of anilines is 2. The fourth-order valence-corrected chi connectivity index (χ4v) is 3.25. The Morgan fingerprint density at radius 3 is 2.74 bits per heavy atom. The first-order valence-corrected chi connectivity index (χ1v) is 7.93. The lowest BCUT2D eigenvalue weighted by atomic mass is 10.1. The van der Waals surface area contributed by atoms with E-state index in [1.165, 1.54) is 11.3 Å². The molecule has 0 spiro atoms. The Labute approximate surface area is 137 Å². The van der Waals surface area contributed by atoms with Gasteiger partial charge in [0.05, 0.1) is 0 Å². The highest BCUT2D eigenvalue weighted by atomic mass is 16.2. The van der Waals surface area contributed by atoms with Crippen LogP contribution in [0.4, 0.5) is 11.4 Å². The van der Waals surface area contributed by atoms with Crippen molar-refractivity contribution in [1.29, 1.82) is 0 Å². The number of likely N-dealkylation sites (N-methyl/N-ethyl adjacent to an activating group) is 1. The lowest BCUT2D eigenvalue weighted by Gasteiger charge is -2.29. The number of benzene rings is 2. The molecule has 2 N–H and O–H groups in total. The summed E-state index contributed by atoms with van der Waals surface area (Å²) < 4.78 is 0. The van der Waals surface area contributed by atoms with Crippen LogP contribution >= 0.6 is 0 Å². The molecule has 0 aromatic heterocycles. The van der Waals surface area contributed by atoms with E-state index in [0.29, 0.717) is 17.8 Å². The number of fused-ring (bicyclic) bond motifs is 1. The number of rotatable bonds is 1.